The van der Waals surface area contributed by atoms with Gasteiger partial charge in [-0.2, -0.15) is 18.3 Å². The van der Waals surface area contributed by atoms with Gasteiger partial charge in [-0.15, -0.1) is 0 Å². The smallest absolute Gasteiger partial charge is 0.378 e. The quantitative estimate of drug-likeness (QED) is 0.743. The fraction of sp³-hybridized carbons (Fsp3) is 0.444. The molecule has 0 unspecified atom stereocenters. The van der Waals surface area contributed by atoms with Gasteiger partial charge in [-0.25, -0.2) is 4.68 Å². The second-order valence-corrected chi connectivity index (χ2v) is 7.72. The molecule has 10 heteroatoms. The number of ether oxygens (including phenoxy) is 1. The maximum Gasteiger partial charge on any atom is 0.410 e. The Hall–Kier alpha value is -2.07. The molecule has 1 amide bonds. The minimum atomic E-state index is -4.48. The van der Waals surface area contributed by atoms with Gasteiger partial charge in [-0.1, -0.05) is 28.1 Å². The van der Waals surface area contributed by atoms with E-state index in [4.69, 9.17) is 4.74 Å². The molecule has 0 bridgehead atoms. The molecular formula is C18H18BrF3N4O2. The Bertz CT molecular complexity index is 863. The predicted molar refractivity (Wildman–Crippen MR) is 99.2 cm³/mol. The van der Waals surface area contributed by atoms with Gasteiger partial charge in [0.2, 0.25) is 0 Å². The monoisotopic (exact) mass is 458 g/mol. The first kappa shape index (κ1) is 19.3. The van der Waals surface area contributed by atoms with Crippen molar-refractivity contribution in [3.8, 4) is 0 Å². The second kappa shape index (κ2) is 7.40. The van der Waals surface area contributed by atoms with Crippen molar-refractivity contribution in [3.05, 3.63) is 46.1 Å². The average Bonchev–Trinajstić information content (AvgIpc) is 3.11. The molecule has 28 heavy (non-hydrogen) atoms. The van der Waals surface area contributed by atoms with Crippen molar-refractivity contribution in [1.82, 2.24) is 14.7 Å². The van der Waals surface area contributed by atoms with Crippen molar-refractivity contribution in [2.45, 2.75) is 24.7 Å². The molecule has 150 valence electrons. The lowest BCUT2D eigenvalue weighted by molar-refractivity contribution is -0.173. The summed E-state index contributed by atoms with van der Waals surface area (Å²) in [7, 11) is 0. The Kier molecular flexibility index (Phi) is 5.09. The zero-order valence-corrected chi connectivity index (χ0v) is 16.3. The van der Waals surface area contributed by atoms with Gasteiger partial charge >= 0.3 is 6.18 Å². The first-order valence-corrected chi connectivity index (χ1v) is 9.67. The average molecular weight is 459 g/mol. The number of alkyl halides is 3. The van der Waals surface area contributed by atoms with Crippen LogP contribution in [0.3, 0.4) is 0 Å². The third-order valence-electron chi connectivity index (χ3n) is 4.98. The lowest BCUT2D eigenvalue weighted by atomic mass is 9.97. The number of aromatic nitrogens is 2. The van der Waals surface area contributed by atoms with Gasteiger partial charge in [0.15, 0.2) is 11.7 Å². The number of hydrogen-bond donors (Lipinski definition) is 1. The number of nitrogens with one attached hydrogen (secondary N) is 1. The number of fused-ring (bicyclic) bond motifs is 1. The molecule has 1 aromatic carbocycles. The van der Waals surface area contributed by atoms with Gasteiger partial charge in [-0.05, 0) is 17.7 Å². The number of benzene rings is 1. The van der Waals surface area contributed by atoms with E-state index in [0.29, 0.717) is 26.3 Å². The molecule has 0 saturated carbocycles. The summed E-state index contributed by atoms with van der Waals surface area (Å²) < 4.78 is 48.1. The number of rotatable bonds is 2. The van der Waals surface area contributed by atoms with Crippen molar-refractivity contribution >= 4 is 27.7 Å². The lowest BCUT2D eigenvalue weighted by Gasteiger charge is -2.33. The molecule has 1 N–H and O–H groups in total. The highest BCUT2D eigenvalue weighted by molar-refractivity contribution is 9.10. The van der Waals surface area contributed by atoms with Crippen LogP contribution in [0.1, 0.15) is 34.6 Å². The highest BCUT2D eigenvalue weighted by atomic mass is 79.9. The van der Waals surface area contributed by atoms with E-state index < -0.39 is 18.3 Å². The van der Waals surface area contributed by atoms with Crippen LogP contribution in [0.15, 0.2) is 34.8 Å². The van der Waals surface area contributed by atoms with Crippen LogP contribution in [0.2, 0.25) is 0 Å². The SMILES string of the molecule is O=C(c1cc2n(n1)[C@@H](C(F)(F)F)C[C@@H](c1ccc(Br)cc1)N2)N1CCOCC1. The van der Waals surface area contributed by atoms with Gasteiger partial charge < -0.3 is 15.0 Å². The molecule has 1 saturated heterocycles. The Labute approximate surface area is 167 Å². The molecule has 2 aromatic rings. The highest BCUT2D eigenvalue weighted by Crippen LogP contribution is 2.43. The van der Waals surface area contributed by atoms with Gasteiger partial charge in [0, 0.05) is 30.0 Å². The summed E-state index contributed by atoms with van der Waals surface area (Å²) in [5, 5.41) is 7.11. The van der Waals surface area contributed by atoms with E-state index in [1.807, 2.05) is 0 Å². The van der Waals surface area contributed by atoms with Crippen LogP contribution >= 0.6 is 15.9 Å². The molecule has 6 nitrogen and oxygen atoms in total. The highest BCUT2D eigenvalue weighted by Gasteiger charge is 2.47. The number of carbonyl (C=O) groups is 1. The van der Waals surface area contributed by atoms with E-state index in [1.165, 1.54) is 6.07 Å². The minimum absolute atomic E-state index is 0.00936. The normalized spacial score (nSPS) is 22.5. The van der Waals surface area contributed by atoms with Crippen LogP contribution in [0.25, 0.3) is 0 Å². The molecule has 1 fully saturated rings. The summed E-state index contributed by atoms with van der Waals surface area (Å²) in [4.78, 5) is 14.2. The summed E-state index contributed by atoms with van der Waals surface area (Å²) in [5.74, 6) is -0.189. The third-order valence-corrected chi connectivity index (χ3v) is 5.51. The van der Waals surface area contributed by atoms with E-state index in [1.54, 1.807) is 29.2 Å². The number of morpholine rings is 1. The second-order valence-electron chi connectivity index (χ2n) is 6.81. The van der Waals surface area contributed by atoms with Crippen LogP contribution in [0, 0.1) is 0 Å². The van der Waals surface area contributed by atoms with Gasteiger partial charge in [0.05, 0.1) is 19.3 Å². The van der Waals surface area contributed by atoms with Gasteiger partial charge in [-0.3, -0.25) is 4.79 Å². The Morgan fingerprint density at radius 2 is 1.89 bits per heavy atom. The van der Waals surface area contributed by atoms with E-state index >= 15 is 0 Å². The topological polar surface area (TPSA) is 59.4 Å². The largest absolute Gasteiger partial charge is 0.410 e. The van der Waals surface area contributed by atoms with Crippen molar-refractivity contribution in [1.29, 1.82) is 0 Å². The molecule has 4 rings (SSSR count). The van der Waals surface area contributed by atoms with Gasteiger partial charge in [0.25, 0.3) is 5.91 Å². The van der Waals surface area contributed by atoms with Crippen LogP contribution in [-0.4, -0.2) is 53.1 Å². The maximum absolute atomic E-state index is 13.7. The zero-order chi connectivity index (χ0) is 19.9. The summed E-state index contributed by atoms with van der Waals surface area (Å²) in [6.45, 7) is 1.63. The van der Waals surface area contributed by atoms with Gasteiger partial charge in [0.1, 0.15) is 5.82 Å². The van der Waals surface area contributed by atoms with Crippen LogP contribution in [-0.2, 0) is 4.74 Å². The standard InChI is InChI=1S/C18H18BrF3N4O2/c19-12-3-1-11(2-4-12)13-9-15(18(20,21)22)26-16(23-13)10-14(24-26)17(27)25-5-7-28-8-6-25/h1-4,10,13,15,23H,5-9H2/t13-,15+/m0/s1. The molecule has 0 aliphatic carbocycles. The minimum Gasteiger partial charge on any atom is -0.378 e. The van der Waals surface area contributed by atoms with Crippen molar-refractivity contribution < 1.29 is 22.7 Å². The van der Waals surface area contributed by atoms with Crippen LogP contribution in [0.4, 0.5) is 19.0 Å². The van der Waals surface area contributed by atoms with Crippen LogP contribution in [0.5, 0.6) is 0 Å². The van der Waals surface area contributed by atoms with Crippen molar-refractivity contribution in [2.24, 2.45) is 0 Å². The number of halogens is 4. The summed E-state index contributed by atoms with van der Waals surface area (Å²) in [6, 6.07) is 6.21. The molecule has 0 spiro atoms. The van der Waals surface area contributed by atoms with Crippen molar-refractivity contribution in [2.75, 3.05) is 31.6 Å². The number of anilines is 1. The number of nitrogens with zero attached hydrogens (tertiary/aromatic N) is 3. The summed E-state index contributed by atoms with van der Waals surface area (Å²) in [5.41, 5.74) is 0.751. The molecule has 2 aliphatic rings. The summed E-state index contributed by atoms with van der Waals surface area (Å²) >= 11 is 3.33. The van der Waals surface area contributed by atoms with E-state index in [-0.39, 0.29) is 23.8 Å². The van der Waals surface area contributed by atoms with E-state index in [9.17, 15) is 18.0 Å². The molecule has 0 radical (unpaired) electrons. The summed E-state index contributed by atoms with van der Waals surface area (Å²) in [6.07, 6.45) is -4.68. The predicted octanol–water partition coefficient (Wildman–Crippen LogP) is 3.78. The maximum atomic E-state index is 13.7. The Morgan fingerprint density at radius 3 is 2.54 bits per heavy atom. The molecule has 2 atom stereocenters. The Balaban J connectivity index is 1.65. The number of carbonyl (C=O) groups excluding carboxylic acids is 1. The van der Waals surface area contributed by atoms with E-state index in [2.05, 4.69) is 26.3 Å². The van der Waals surface area contributed by atoms with E-state index in [0.717, 1.165) is 14.7 Å². The molecule has 2 aliphatic heterocycles. The van der Waals surface area contributed by atoms with Crippen LogP contribution < -0.4 is 5.32 Å². The number of amides is 1. The third kappa shape index (κ3) is 3.75. The first-order chi connectivity index (χ1) is 13.3. The lowest BCUT2D eigenvalue weighted by Crippen LogP contribution is -2.41. The Morgan fingerprint density at radius 1 is 1.21 bits per heavy atom. The fourth-order valence-corrected chi connectivity index (χ4v) is 3.78. The zero-order valence-electron chi connectivity index (χ0n) is 14.7. The number of hydrogen-bond acceptors (Lipinski definition) is 4. The first-order valence-electron chi connectivity index (χ1n) is 8.88. The molecular weight excluding hydrogens is 441 g/mol. The fourth-order valence-electron chi connectivity index (χ4n) is 3.52. The van der Waals surface area contributed by atoms with Crippen molar-refractivity contribution in [3.63, 3.8) is 0 Å². The molecule has 1 aromatic heterocycles. The molecule has 3 heterocycles.